The summed E-state index contributed by atoms with van der Waals surface area (Å²) in [6, 6.07) is 8.97. The summed E-state index contributed by atoms with van der Waals surface area (Å²) < 4.78 is 5.50. The van der Waals surface area contributed by atoms with Crippen molar-refractivity contribution in [2.75, 3.05) is 5.32 Å². The average molecular weight is 324 g/mol. The predicted molar refractivity (Wildman–Crippen MR) is 84.3 cm³/mol. The van der Waals surface area contributed by atoms with Crippen LogP contribution >= 0.6 is 0 Å². The van der Waals surface area contributed by atoms with Crippen molar-refractivity contribution in [3.8, 4) is 17.4 Å². The van der Waals surface area contributed by atoms with Crippen LogP contribution in [-0.4, -0.2) is 32.5 Å². The number of phenolic OH excluding ortho intramolecular Hbond substituents is 1. The molecule has 2 aromatic heterocycles. The van der Waals surface area contributed by atoms with E-state index in [2.05, 4.69) is 20.5 Å². The first-order chi connectivity index (χ1) is 11.7. The van der Waals surface area contributed by atoms with Gasteiger partial charge in [-0.1, -0.05) is 6.07 Å². The molecule has 3 aromatic rings. The van der Waals surface area contributed by atoms with E-state index < -0.39 is 0 Å². The summed E-state index contributed by atoms with van der Waals surface area (Å²) in [5, 5.41) is 18.6. The minimum Gasteiger partial charge on any atom is -0.507 e. The fourth-order valence-electron chi connectivity index (χ4n) is 1.98. The van der Waals surface area contributed by atoms with Crippen LogP contribution in [0.5, 0.6) is 17.4 Å². The second-order valence-electron chi connectivity index (χ2n) is 4.72. The largest absolute Gasteiger partial charge is 0.507 e. The first kappa shape index (κ1) is 15.2. The Morgan fingerprint density at radius 1 is 1.25 bits per heavy atom. The van der Waals surface area contributed by atoms with Crippen LogP contribution in [0.4, 0.5) is 5.82 Å². The zero-order valence-electron chi connectivity index (χ0n) is 12.3. The number of rotatable bonds is 5. The molecule has 0 bridgehead atoms. The molecule has 0 spiro atoms. The fourth-order valence-corrected chi connectivity index (χ4v) is 1.98. The van der Waals surface area contributed by atoms with Crippen molar-refractivity contribution in [2.45, 2.75) is 0 Å². The van der Waals surface area contributed by atoms with Gasteiger partial charge in [0, 0.05) is 23.9 Å². The molecular formula is C16H12N4O4. The highest BCUT2D eigenvalue weighted by Gasteiger charge is 2.12. The third-order valence-electron chi connectivity index (χ3n) is 3.12. The van der Waals surface area contributed by atoms with Gasteiger partial charge in [0.2, 0.25) is 5.88 Å². The molecule has 3 N–H and O–H groups in total. The number of carbonyl (C=O) groups excluding carboxylic acids is 2. The van der Waals surface area contributed by atoms with Gasteiger partial charge in [0.15, 0.2) is 6.29 Å². The summed E-state index contributed by atoms with van der Waals surface area (Å²) >= 11 is 0. The van der Waals surface area contributed by atoms with Crippen LogP contribution in [-0.2, 0) is 0 Å². The first-order valence-corrected chi connectivity index (χ1v) is 6.89. The number of aromatic hydroxyl groups is 1. The number of pyridine rings is 1. The molecule has 0 aliphatic carbocycles. The zero-order valence-corrected chi connectivity index (χ0v) is 12.3. The van der Waals surface area contributed by atoms with Crippen molar-refractivity contribution in [1.82, 2.24) is 15.2 Å². The van der Waals surface area contributed by atoms with Crippen molar-refractivity contribution >= 4 is 18.0 Å². The molecule has 24 heavy (non-hydrogen) atoms. The van der Waals surface area contributed by atoms with E-state index in [0.29, 0.717) is 17.7 Å². The number of amides is 1. The van der Waals surface area contributed by atoms with Crippen LogP contribution in [0.25, 0.3) is 0 Å². The number of hydrogen-bond acceptors (Lipinski definition) is 6. The molecule has 2 heterocycles. The second-order valence-corrected chi connectivity index (χ2v) is 4.72. The van der Waals surface area contributed by atoms with Gasteiger partial charge in [0.1, 0.15) is 17.3 Å². The summed E-state index contributed by atoms with van der Waals surface area (Å²) in [7, 11) is 0. The van der Waals surface area contributed by atoms with Crippen molar-refractivity contribution in [1.29, 1.82) is 0 Å². The second kappa shape index (κ2) is 6.61. The molecule has 1 amide bonds. The lowest BCUT2D eigenvalue weighted by Crippen LogP contribution is -2.12. The van der Waals surface area contributed by atoms with Crippen LogP contribution in [0, 0.1) is 0 Å². The Balaban J connectivity index is 1.82. The molecule has 8 nitrogen and oxygen atoms in total. The number of nitrogens with one attached hydrogen (secondary N) is 2. The lowest BCUT2D eigenvalue weighted by atomic mass is 10.2. The highest BCUT2D eigenvalue weighted by Crippen LogP contribution is 2.29. The van der Waals surface area contributed by atoms with E-state index in [1.807, 2.05) is 0 Å². The Kier molecular flexibility index (Phi) is 4.19. The van der Waals surface area contributed by atoms with Gasteiger partial charge in [-0.3, -0.25) is 14.7 Å². The molecule has 1 aromatic carbocycles. The van der Waals surface area contributed by atoms with E-state index in [1.54, 1.807) is 6.07 Å². The quantitative estimate of drug-likeness (QED) is 0.620. The maximum absolute atomic E-state index is 12.2. The maximum Gasteiger partial charge on any atom is 0.257 e. The maximum atomic E-state index is 12.2. The molecule has 0 unspecified atom stereocenters. The molecular weight excluding hydrogens is 312 g/mol. The van der Waals surface area contributed by atoms with E-state index in [1.165, 1.54) is 42.7 Å². The Bertz CT molecular complexity index is 878. The predicted octanol–water partition coefficient (Wildman–Crippen LogP) is 2.37. The number of H-pyrrole nitrogens is 1. The molecule has 120 valence electrons. The van der Waals surface area contributed by atoms with Gasteiger partial charge in [0.05, 0.1) is 11.8 Å². The molecule has 0 atom stereocenters. The number of aldehydes is 1. The van der Waals surface area contributed by atoms with Crippen LogP contribution in [0.15, 0.2) is 48.8 Å². The Morgan fingerprint density at radius 2 is 2.12 bits per heavy atom. The smallest absolute Gasteiger partial charge is 0.257 e. The van der Waals surface area contributed by atoms with E-state index in [-0.39, 0.29) is 28.8 Å². The number of anilines is 1. The molecule has 8 heteroatoms. The van der Waals surface area contributed by atoms with Crippen LogP contribution in [0.2, 0.25) is 0 Å². The van der Waals surface area contributed by atoms with Gasteiger partial charge in [-0.2, -0.15) is 5.10 Å². The molecule has 0 radical (unpaired) electrons. The van der Waals surface area contributed by atoms with Crippen molar-refractivity contribution in [3.63, 3.8) is 0 Å². The van der Waals surface area contributed by atoms with Gasteiger partial charge in [-0.05, 0) is 18.2 Å². The first-order valence-electron chi connectivity index (χ1n) is 6.89. The summed E-state index contributed by atoms with van der Waals surface area (Å²) in [4.78, 5) is 27.2. The van der Waals surface area contributed by atoms with Gasteiger partial charge in [-0.15, -0.1) is 0 Å². The molecule has 3 rings (SSSR count). The molecule has 0 aliphatic rings. The number of aromatic amines is 1. The minimum atomic E-state index is -0.377. The highest BCUT2D eigenvalue weighted by atomic mass is 16.5. The lowest BCUT2D eigenvalue weighted by Gasteiger charge is -2.09. The molecule has 0 saturated carbocycles. The normalized spacial score (nSPS) is 10.2. The van der Waals surface area contributed by atoms with Crippen LogP contribution in [0.3, 0.4) is 0 Å². The number of carbonyl (C=O) groups is 2. The summed E-state index contributed by atoms with van der Waals surface area (Å²) in [5.41, 5.74) is 0.314. The molecule has 0 fully saturated rings. The number of ether oxygens (including phenoxy) is 1. The van der Waals surface area contributed by atoms with Crippen molar-refractivity contribution in [3.05, 3.63) is 59.9 Å². The minimum absolute atomic E-state index is 0.00612. The standard InChI is InChI=1S/C16H12N4O4/c21-9-11-12(22)2-1-3-13(11)24-15-8-10(4-6-17-15)16(23)19-14-5-7-18-20-14/h1-9,22H,(H2,18,19,20,23). The van der Waals surface area contributed by atoms with Crippen molar-refractivity contribution in [2.24, 2.45) is 0 Å². The van der Waals surface area contributed by atoms with Gasteiger partial charge in [-0.25, -0.2) is 4.98 Å². The lowest BCUT2D eigenvalue weighted by molar-refractivity contribution is 0.102. The van der Waals surface area contributed by atoms with E-state index >= 15 is 0 Å². The average Bonchev–Trinajstić information content (AvgIpc) is 3.08. The summed E-state index contributed by atoms with van der Waals surface area (Å²) in [5.74, 6) is 0.133. The van der Waals surface area contributed by atoms with Crippen LogP contribution in [0.1, 0.15) is 20.7 Å². The molecule has 0 saturated heterocycles. The Labute approximate surface area is 136 Å². The van der Waals surface area contributed by atoms with Crippen molar-refractivity contribution < 1.29 is 19.4 Å². The van der Waals surface area contributed by atoms with Gasteiger partial charge >= 0.3 is 0 Å². The van der Waals surface area contributed by atoms with E-state index in [0.717, 1.165) is 0 Å². The number of aromatic nitrogens is 3. The highest BCUT2D eigenvalue weighted by molar-refractivity contribution is 6.03. The van der Waals surface area contributed by atoms with E-state index in [9.17, 15) is 14.7 Å². The fraction of sp³-hybridized carbons (Fsp3) is 0. The monoisotopic (exact) mass is 324 g/mol. The Morgan fingerprint density at radius 3 is 2.88 bits per heavy atom. The Hall–Kier alpha value is -3.68. The van der Waals surface area contributed by atoms with Gasteiger partial charge < -0.3 is 15.2 Å². The topological polar surface area (TPSA) is 117 Å². The summed E-state index contributed by atoms with van der Waals surface area (Å²) in [6.45, 7) is 0. The summed E-state index contributed by atoms with van der Waals surface area (Å²) in [6.07, 6.45) is 3.40. The number of hydrogen-bond donors (Lipinski definition) is 3. The zero-order chi connectivity index (χ0) is 16.9. The number of phenols is 1. The third kappa shape index (κ3) is 3.22. The SMILES string of the molecule is O=Cc1c(O)cccc1Oc1cc(C(=O)Nc2ccn[nH]2)ccn1. The number of benzene rings is 1. The number of nitrogens with zero attached hydrogens (tertiary/aromatic N) is 2. The van der Waals surface area contributed by atoms with E-state index in [4.69, 9.17) is 4.74 Å². The van der Waals surface area contributed by atoms with Crippen LogP contribution < -0.4 is 10.1 Å². The molecule has 0 aliphatic heterocycles. The van der Waals surface area contributed by atoms with Gasteiger partial charge in [0.25, 0.3) is 5.91 Å². The third-order valence-corrected chi connectivity index (χ3v) is 3.12.